The first-order valence-electron chi connectivity index (χ1n) is 5.86. The SMILES string of the molecule is COC(=O)c1cc(F)c(Br)cc1OCc1ccccc1. The van der Waals surface area contributed by atoms with E-state index in [2.05, 4.69) is 20.7 Å². The molecule has 20 heavy (non-hydrogen) atoms. The van der Waals surface area contributed by atoms with Crippen molar-refractivity contribution in [2.75, 3.05) is 7.11 Å². The molecule has 0 spiro atoms. The fraction of sp³-hybridized carbons (Fsp3) is 0.133. The summed E-state index contributed by atoms with van der Waals surface area (Å²) in [4.78, 5) is 11.6. The van der Waals surface area contributed by atoms with Crippen molar-refractivity contribution < 1.29 is 18.7 Å². The highest BCUT2D eigenvalue weighted by atomic mass is 79.9. The first kappa shape index (κ1) is 14.5. The van der Waals surface area contributed by atoms with Crippen molar-refractivity contribution in [3.63, 3.8) is 0 Å². The third-order valence-corrected chi connectivity index (χ3v) is 3.27. The molecule has 5 heteroatoms. The summed E-state index contributed by atoms with van der Waals surface area (Å²) >= 11 is 3.07. The van der Waals surface area contributed by atoms with Crippen LogP contribution in [0, 0.1) is 5.82 Å². The van der Waals surface area contributed by atoms with Gasteiger partial charge in [-0.25, -0.2) is 9.18 Å². The molecule has 0 saturated carbocycles. The quantitative estimate of drug-likeness (QED) is 0.791. The summed E-state index contributed by atoms with van der Waals surface area (Å²) in [6.07, 6.45) is 0. The van der Waals surface area contributed by atoms with Crippen LogP contribution in [0.3, 0.4) is 0 Å². The van der Waals surface area contributed by atoms with Gasteiger partial charge in [-0.3, -0.25) is 0 Å². The average molecular weight is 339 g/mol. The number of hydrogen-bond acceptors (Lipinski definition) is 3. The predicted molar refractivity (Wildman–Crippen MR) is 76.2 cm³/mol. The molecule has 0 aliphatic heterocycles. The molecule has 3 nitrogen and oxygen atoms in total. The van der Waals surface area contributed by atoms with Gasteiger partial charge in [-0.2, -0.15) is 0 Å². The molecule has 0 unspecified atom stereocenters. The van der Waals surface area contributed by atoms with Crippen LogP contribution in [0.1, 0.15) is 15.9 Å². The molecule has 0 bridgehead atoms. The molecule has 104 valence electrons. The molecule has 0 aliphatic rings. The molecule has 0 saturated heterocycles. The summed E-state index contributed by atoms with van der Waals surface area (Å²) in [6.45, 7) is 0.281. The van der Waals surface area contributed by atoms with Crippen LogP contribution in [0.15, 0.2) is 46.9 Å². The number of hydrogen-bond donors (Lipinski definition) is 0. The number of halogens is 2. The molecule has 2 rings (SSSR count). The molecule has 0 N–H and O–H groups in total. The molecule has 0 heterocycles. The Morgan fingerprint density at radius 1 is 1.25 bits per heavy atom. The lowest BCUT2D eigenvalue weighted by atomic mass is 10.2. The van der Waals surface area contributed by atoms with Crippen LogP contribution >= 0.6 is 15.9 Å². The molecule has 0 fully saturated rings. The van der Waals surface area contributed by atoms with E-state index in [0.29, 0.717) is 0 Å². The maximum absolute atomic E-state index is 13.5. The van der Waals surface area contributed by atoms with Crippen LogP contribution in [0.5, 0.6) is 5.75 Å². The zero-order valence-corrected chi connectivity index (χ0v) is 12.3. The van der Waals surface area contributed by atoms with Crippen LogP contribution in [0.2, 0.25) is 0 Å². The van der Waals surface area contributed by atoms with Crippen LogP contribution in [-0.2, 0) is 11.3 Å². The number of methoxy groups -OCH3 is 1. The van der Waals surface area contributed by atoms with E-state index in [-0.39, 0.29) is 22.4 Å². The maximum atomic E-state index is 13.5. The van der Waals surface area contributed by atoms with Gasteiger partial charge in [0, 0.05) is 0 Å². The summed E-state index contributed by atoms with van der Waals surface area (Å²) in [5.74, 6) is -0.911. The Hall–Kier alpha value is -1.88. The zero-order valence-electron chi connectivity index (χ0n) is 10.7. The minimum Gasteiger partial charge on any atom is -0.488 e. The summed E-state index contributed by atoms with van der Waals surface area (Å²) in [5.41, 5.74) is 1.01. The number of benzene rings is 2. The second-order valence-corrected chi connectivity index (χ2v) is 4.88. The summed E-state index contributed by atoms with van der Waals surface area (Å²) < 4.78 is 23.9. The molecular weight excluding hydrogens is 327 g/mol. The second-order valence-electron chi connectivity index (χ2n) is 4.03. The Bertz CT molecular complexity index is 614. The fourth-order valence-electron chi connectivity index (χ4n) is 1.65. The van der Waals surface area contributed by atoms with E-state index < -0.39 is 11.8 Å². The van der Waals surface area contributed by atoms with Crippen molar-refractivity contribution in [1.82, 2.24) is 0 Å². The van der Waals surface area contributed by atoms with Gasteiger partial charge in [0.2, 0.25) is 0 Å². The smallest absolute Gasteiger partial charge is 0.341 e. The Morgan fingerprint density at radius 3 is 2.60 bits per heavy atom. The highest BCUT2D eigenvalue weighted by Crippen LogP contribution is 2.28. The minimum absolute atomic E-state index is 0.0594. The average Bonchev–Trinajstić information content (AvgIpc) is 2.48. The Kier molecular flexibility index (Phi) is 4.74. The van der Waals surface area contributed by atoms with E-state index >= 15 is 0 Å². The largest absolute Gasteiger partial charge is 0.488 e. The van der Waals surface area contributed by atoms with E-state index in [9.17, 15) is 9.18 Å². The van der Waals surface area contributed by atoms with Crippen molar-refractivity contribution in [3.8, 4) is 5.75 Å². The van der Waals surface area contributed by atoms with Gasteiger partial charge in [0.15, 0.2) is 0 Å². The summed E-state index contributed by atoms with van der Waals surface area (Å²) in [7, 11) is 1.24. The molecule has 2 aromatic rings. The number of esters is 1. The lowest BCUT2D eigenvalue weighted by Gasteiger charge is -2.11. The molecule has 0 radical (unpaired) electrons. The van der Waals surface area contributed by atoms with Crippen LogP contribution in [-0.4, -0.2) is 13.1 Å². The van der Waals surface area contributed by atoms with Crippen molar-refractivity contribution in [1.29, 1.82) is 0 Å². The number of carbonyl (C=O) groups excluding carboxylic acids is 1. The Labute approximate surface area is 124 Å². The van der Waals surface area contributed by atoms with E-state index in [1.165, 1.54) is 13.2 Å². The monoisotopic (exact) mass is 338 g/mol. The summed E-state index contributed by atoms with van der Waals surface area (Å²) in [5, 5.41) is 0. The second kappa shape index (κ2) is 6.52. The lowest BCUT2D eigenvalue weighted by molar-refractivity contribution is 0.0595. The number of rotatable bonds is 4. The molecule has 0 amide bonds. The molecule has 2 aromatic carbocycles. The van der Waals surface area contributed by atoms with E-state index in [0.717, 1.165) is 11.6 Å². The Morgan fingerprint density at radius 2 is 1.95 bits per heavy atom. The van der Waals surface area contributed by atoms with E-state index in [1.807, 2.05) is 30.3 Å². The van der Waals surface area contributed by atoms with E-state index in [1.54, 1.807) is 0 Å². The minimum atomic E-state index is -0.639. The van der Waals surface area contributed by atoms with E-state index in [4.69, 9.17) is 4.74 Å². The zero-order chi connectivity index (χ0) is 14.5. The molecular formula is C15H12BrFO3. The maximum Gasteiger partial charge on any atom is 0.341 e. The van der Waals surface area contributed by atoms with Crippen molar-refractivity contribution in [2.45, 2.75) is 6.61 Å². The molecule has 0 atom stereocenters. The van der Waals surface area contributed by atoms with Gasteiger partial charge in [-0.15, -0.1) is 0 Å². The number of ether oxygens (including phenoxy) is 2. The standard InChI is InChI=1S/C15H12BrFO3/c1-19-15(18)11-7-13(17)12(16)8-14(11)20-9-10-5-3-2-4-6-10/h2-8H,9H2,1H3. The highest BCUT2D eigenvalue weighted by Gasteiger charge is 2.17. The highest BCUT2D eigenvalue weighted by molar-refractivity contribution is 9.10. The van der Waals surface area contributed by atoms with Gasteiger partial charge in [0.1, 0.15) is 23.7 Å². The van der Waals surface area contributed by atoms with Crippen molar-refractivity contribution >= 4 is 21.9 Å². The van der Waals surface area contributed by atoms with Crippen molar-refractivity contribution in [2.24, 2.45) is 0 Å². The van der Waals surface area contributed by atoms with Crippen LogP contribution in [0.25, 0.3) is 0 Å². The third kappa shape index (κ3) is 3.36. The predicted octanol–water partition coefficient (Wildman–Crippen LogP) is 3.95. The van der Waals surface area contributed by atoms with Gasteiger partial charge in [-0.1, -0.05) is 30.3 Å². The topological polar surface area (TPSA) is 35.5 Å². The fourth-order valence-corrected chi connectivity index (χ4v) is 1.98. The molecule has 0 aromatic heterocycles. The van der Waals surface area contributed by atoms with Gasteiger partial charge >= 0.3 is 5.97 Å². The van der Waals surface area contributed by atoms with Gasteiger partial charge in [0.25, 0.3) is 0 Å². The van der Waals surface area contributed by atoms with Crippen molar-refractivity contribution in [3.05, 3.63) is 63.9 Å². The molecule has 0 aliphatic carbocycles. The Balaban J connectivity index is 2.26. The normalized spacial score (nSPS) is 10.2. The summed E-state index contributed by atoms with van der Waals surface area (Å²) in [6, 6.07) is 12.0. The first-order valence-corrected chi connectivity index (χ1v) is 6.65. The lowest BCUT2D eigenvalue weighted by Crippen LogP contribution is -2.07. The number of carbonyl (C=O) groups is 1. The first-order chi connectivity index (χ1) is 9.61. The third-order valence-electron chi connectivity index (χ3n) is 2.66. The van der Waals surface area contributed by atoms with Crippen LogP contribution in [0.4, 0.5) is 4.39 Å². The van der Waals surface area contributed by atoms with Crippen LogP contribution < -0.4 is 4.74 Å². The van der Waals surface area contributed by atoms with Gasteiger partial charge in [0.05, 0.1) is 11.6 Å². The van der Waals surface area contributed by atoms with Gasteiger partial charge < -0.3 is 9.47 Å². The van der Waals surface area contributed by atoms with Gasteiger partial charge in [-0.05, 0) is 33.6 Å².